The van der Waals surface area contributed by atoms with Gasteiger partial charge in [0.05, 0.1) is 23.7 Å². The SMILES string of the molecule is Cc1nn(CC(O)c2ccc(Cl)cc2)c(=O)c2ccccc12. The highest BCUT2D eigenvalue weighted by Gasteiger charge is 2.13. The first-order chi connectivity index (χ1) is 10.6. The summed E-state index contributed by atoms with van der Waals surface area (Å²) in [6.07, 6.45) is -0.817. The summed E-state index contributed by atoms with van der Waals surface area (Å²) in [4.78, 5) is 12.5. The minimum atomic E-state index is -0.817. The molecule has 1 heterocycles. The number of aromatic nitrogens is 2. The minimum Gasteiger partial charge on any atom is -0.386 e. The number of aliphatic hydroxyl groups excluding tert-OH is 1. The van der Waals surface area contributed by atoms with Crippen molar-refractivity contribution in [2.45, 2.75) is 19.6 Å². The van der Waals surface area contributed by atoms with Crippen molar-refractivity contribution in [3.8, 4) is 0 Å². The Morgan fingerprint density at radius 2 is 1.77 bits per heavy atom. The summed E-state index contributed by atoms with van der Waals surface area (Å²) in [6, 6.07) is 14.3. The molecule has 0 saturated carbocycles. The Hall–Kier alpha value is -2.17. The van der Waals surface area contributed by atoms with Gasteiger partial charge < -0.3 is 5.11 Å². The summed E-state index contributed by atoms with van der Waals surface area (Å²) in [5.74, 6) is 0. The average Bonchev–Trinajstić information content (AvgIpc) is 2.53. The maximum atomic E-state index is 12.5. The number of aliphatic hydroxyl groups is 1. The van der Waals surface area contributed by atoms with Gasteiger partial charge in [-0.25, -0.2) is 4.68 Å². The summed E-state index contributed by atoms with van der Waals surface area (Å²) < 4.78 is 1.32. The second kappa shape index (κ2) is 5.91. The zero-order valence-corrected chi connectivity index (χ0v) is 12.8. The smallest absolute Gasteiger partial charge is 0.274 e. The molecule has 1 aromatic heterocycles. The third-order valence-electron chi connectivity index (χ3n) is 3.65. The Morgan fingerprint density at radius 3 is 2.45 bits per heavy atom. The van der Waals surface area contributed by atoms with Crippen LogP contribution in [0.15, 0.2) is 53.3 Å². The van der Waals surface area contributed by atoms with Gasteiger partial charge in [0.1, 0.15) is 0 Å². The van der Waals surface area contributed by atoms with E-state index in [2.05, 4.69) is 5.10 Å². The zero-order chi connectivity index (χ0) is 15.7. The Balaban J connectivity index is 1.99. The van der Waals surface area contributed by atoms with Crippen LogP contribution in [0.3, 0.4) is 0 Å². The van der Waals surface area contributed by atoms with Crippen molar-refractivity contribution in [1.29, 1.82) is 0 Å². The highest BCUT2D eigenvalue weighted by Crippen LogP contribution is 2.18. The Kier molecular flexibility index (Phi) is 3.96. The van der Waals surface area contributed by atoms with Gasteiger partial charge in [-0.3, -0.25) is 4.79 Å². The fourth-order valence-electron chi connectivity index (χ4n) is 2.48. The van der Waals surface area contributed by atoms with E-state index in [-0.39, 0.29) is 12.1 Å². The van der Waals surface area contributed by atoms with Gasteiger partial charge >= 0.3 is 0 Å². The van der Waals surface area contributed by atoms with Crippen molar-refractivity contribution in [3.63, 3.8) is 0 Å². The van der Waals surface area contributed by atoms with E-state index in [1.165, 1.54) is 4.68 Å². The van der Waals surface area contributed by atoms with E-state index in [0.717, 1.165) is 11.1 Å². The Bertz CT molecular complexity index is 872. The molecule has 0 amide bonds. The number of nitrogens with zero attached hydrogens (tertiary/aromatic N) is 2. The van der Waals surface area contributed by atoms with Gasteiger partial charge in [-0.2, -0.15) is 5.10 Å². The van der Waals surface area contributed by atoms with Crippen LogP contribution in [0.25, 0.3) is 10.8 Å². The third kappa shape index (κ3) is 2.75. The number of rotatable bonds is 3. The molecule has 0 spiro atoms. The minimum absolute atomic E-state index is 0.103. The van der Waals surface area contributed by atoms with Crippen LogP contribution in [-0.4, -0.2) is 14.9 Å². The van der Waals surface area contributed by atoms with Crippen molar-refractivity contribution in [1.82, 2.24) is 9.78 Å². The first kappa shape index (κ1) is 14.8. The van der Waals surface area contributed by atoms with Crippen LogP contribution in [0.2, 0.25) is 5.02 Å². The van der Waals surface area contributed by atoms with Crippen LogP contribution in [-0.2, 0) is 6.54 Å². The van der Waals surface area contributed by atoms with E-state index >= 15 is 0 Å². The molecule has 0 bridgehead atoms. The lowest BCUT2D eigenvalue weighted by Crippen LogP contribution is -2.26. The van der Waals surface area contributed by atoms with Crippen molar-refractivity contribution in [2.75, 3.05) is 0 Å². The number of hydrogen-bond acceptors (Lipinski definition) is 3. The maximum absolute atomic E-state index is 12.5. The fraction of sp³-hybridized carbons (Fsp3) is 0.176. The lowest BCUT2D eigenvalue weighted by Gasteiger charge is -2.14. The van der Waals surface area contributed by atoms with Crippen molar-refractivity contribution >= 4 is 22.4 Å². The molecule has 112 valence electrons. The molecule has 3 aromatic rings. The summed E-state index contributed by atoms with van der Waals surface area (Å²) >= 11 is 5.84. The van der Waals surface area contributed by atoms with Crippen LogP contribution in [0, 0.1) is 6.92 Å². The number of benzene rings is 2. The molecule has 4 nitrogen and oxygen atoms in total. The standard InChI is InChI=1S/C17H15ClN2O2/c1-11-14-4-2-3-5-15(14)17(22)20(19-11)10-16(21)12-6-8-13(18)9-7-12/h2-9,16,21H,10H2,1H3. The van der Waals surface area contributed by atoms with E-state index in [9.17, 15) is 9.90 Å². The summed E-state index contributed by atoms with van der Waals surface area (Å²) in [5, 5.41) is 16.7. The monoisotopic (exact) mass is 314 g/mol. The molecular weight excluding hydrogens is 300 g/mol. The van der Waals surface area contributed by atoms with Gasteiger partial charge in [0.15, 0.2) is 0 Å². The van der Waals surface area contributed by atoms with Gasteiger partial charge in [-0.15, -0.1) is 0 Å². The molecule has 5 heteroatoms. The molecule has 1 N–H and O–H groups in total. The largest absolute Gasteiger partial charge is 0.386 e. The number of hydrogen-bond donors (Lipinski definition) is 1. The van der Waals surface area contributed by atoms with Gasteiger partial charge in [-0.1, -0.05) is 41.9 Å². The number of halogens is 1. The molecule has 0 radical (unpaired) electrons. The van der Waals surface area contributed by atoms with Crippen molar-refractivity contribution in [2.24, 2.45) is 0 Å². The predicted octanol–water partition coefficient (Wildman–Crippen LogP) is 3.09. The molecule has 1 atom stereocenters. The van der Waals surface area contributed by atoms with E-state index < -0.39 is 6.10 Å². The van der Waals surface area contributed by atoms with Crippen LogP contribution < -0.4 is 5.56 Å². The molecule has 2 aromatic carbocycles. The van der Waals surface area contributed by atoms with Gasteiger partial charge in [0, 0.05) is 10.4 Å². The molecular formula is C17H15ClN2O2. The van der Waals surface area contributed by atoms with Crippen LogP contribution >= 0.6 is 11.6 Å². The first-order valence-corrected chi connectivity index (χ1v) is 7.34. The second-order valence-corrected chi connectivity index (χ2v) is 5.62. The van der Waals surface area contributed by atoms with Gasteiger partial charge in [-0.05, 0) is 30.7 Å². The molecule has 0 fully saturated rings. The zero-order valence-electron chi connectivity index (χ0n) is 12.0. The normalized spacial score (nSPS) is 12.5. The average molecular weight is 315 g/mol. The highest BCUT2D eigenvalue weighted by atomic mass is 35.5. The van der Waals surface area contributed by atoms with Crippen LogP contribution in [0.1, 0.15) is 17.4 Å². The second-order valence-electron chi connectivity index (χ2n) is 5.19. The van der Waals surface area contributed by atoms with Crippen LogP contribution in [0.4, 0.5) is 0 Å². The molecule has 0 saturated heterocycles. The van der Waals surface area contributed by atoms with Crippen molar-refractivity contribution < 1.29 is 5.11 Å². The molecule has 0 aliphatic rings. The topological polar surface area (TPSA) is 55.1 Å². The fourth-order valence-corrected chi connectivity index (χ4v) is 2.61. The number of fused-ring (bicyclic) bond motifs is 1. The lowest BCUT2D eigenvalue weighted by molar-refractivity contribution is 0.149. The van der Waals surface area contributed by atoms with Gasteiger partial charge in [0.2, 0.25) is 0 Å². The van der Waals surface area contributed by atoms with E-state index in [4.69, 9.17) is 11.6 Å². The maximum Gasteiger partial charge on any atom is 0.274 e. The van der Waals surface area contributed by atoms with Crippen LogP contribution in [0.5, 0.6) is 0 Å². The number of aryl methyl sites for hydroxylation is 1. The first-order valence-electron chi connectivity index (χ1n) is 6.96. The molecule has 3 rings (SSSR count). The van der Waals surface area contributed by atoms with E-state index in [0.29, 0.717) is 16.0 Å². The molecule has 22 heavy (non-hydrogen) atoms. The Labute approximate surface area is 132 Å². The summed E-state index contributed by atoms with van der Waals surface area (Å²) in [5.41, 5.74) is 1.26. The van der Waals surface area contributed by atoms with E-state index in [1.807, 2.05) is 25.1 Å². The third-order valence-corrected chi connectivity index (χ3v) is 3.91. The Morgan fingerprint density at radius 1 is 1.14 bits per heavy atom. The van der Waals surface area contributed by atoms with Gasteiger partial charge in [0.25, 0.3) is 5.56 Å². The quantitative estimate of drug-likeness (QED) is 0.808. The summed E-state index contributed by atoms with van der Waals surface area (Å²) in [7, 11) is 0. The highest BCUT2D eigenvalue weighted by molar-refractivity contribution is 6.30. The van der Waals surface area contributed by atoms with E-state index in [1.54, 1.807) is 30.3 Å². The lowest BCUT2D eigenvalue weighted by atomic mass is 10.1. The summed E-state index contributed by atoms with van der Waals surface area (Å²) in [6.45, 7) is 1.96. The molecule has 0 aliphatic carbocycles. The molecule has 1 unspecified atom stereocenters. The molecule has 0 aliphatic heterocycles. The predicted molar refractivity (Wildman–Crippen MR) is 87.2 cm³/mol. The van der Waals surface area contributed by atoms with Crippen molar-refractivity contribution in [3.05, 3.63) is 75.2 Å².